The molecule has 0 radical (unpaired) electrons. The first-order valence-electron chi connectivity index (χ1n) is 8.24. The number of amides is 1. The van der Waals surface area contributed by atoms with E-state index in [0.29, 0.717) is 19.4 Å². The lowest BCUT2D eigenvalue weighted by atomic mass is 9.68. The number of ketones is 2. The van der Waals surface area contributed by atoms with Crippen molar-refractivity contribution >= 4 is 23.2 Å². The maximum absolute atomic E-state index is 13.4. The number of aryl methyl sites for hydroxylation is 1. The first-order valence-corrected chi connectivity index (χ1v) is 8.24. The summed E-state index contributed by atoms with van der Waals surface area (Å²) < 4.78 is 0. The molecule has 2 unspecified atom stereocenters. The molecule has 2 aliphatic rings. The molecular weight excluding hydrogens is 290 g/mol. The molecule has 2 atom stereocenters. The van der Waals surface area contributed by atoms with Crippen molar-refractivity contribution in [3.63, 3.8) is 0 Å². The number of rotatable bonds is 3. The van der Waals surface area contributed by atoms with Gasteiger partial charge in [-0.3, -0.25) is 14.4 Å². The molecule has 2 saturated carbocycles. The molecule has 2 aliphatic carbocycles. The number of hydrogen-bond donors (Lipinski definition) is 0. The summed E-state index contributed by atoms with van der Waals surface area (Å²) in [5.74, 6) is -1.35. The molecule has 4 heteroatoms. The summed E-state index contributed by atoms with van der Waals surface area (Å²) in [5.41, 5.74) is 0.0613. The van der Waals surface area contributed by atoms with Gasteiger partial charge in [-0.15, -0.1) is 0 Å². The van der Waals surface area contributed by atoms with Gasteiger partial charge in [0.1, 0.15) is 5.41 Å². The minimum atomic E-state index is -1.19. The highest BCUT2D eigenvalue weighted by Crippen LogP contribution is 2.63. The van der Waals surface area contributed by atoms with Crippen molar-refractivity contribution in [1.82, 2.24) is 0 Å². The average Bonchev–Trinajstić information content (AvgIpc) is 2.84. The van der Waals surface area contributed by atoms with E-state index in [2.05, 4.69) is 0 Å². The van der Waals surface area contributed by atoms with Gasteiger partial charge in [-0.25, -0.2) is 0 Å². The van der Waals surface area contributed by atoms with Crippen LogP contribution in [0.1, 0.15) is 39.2 Å². The Morgan fingerprint density at radius 1 is 1.30 bits per heavy atom. The SMILES string of the molecule is CCN(C(=O)C12CCC(C(=O)C1=O)C2(C)C)c1cccc(C)c1. The van der Waals surface area contributed by atoms with E-state index in [0.717, 1.165) is 11.3 Å². The van der Waals surface area contributed by atoms with Crippen LogP contribution >= 0.6 is 0 Å². The van der Waals surface area contributed by atoms with Crippen molar-refractivity contribution in [2.45, 2.75) is 40.5 Å². The highest BCUT2D eigenvalue weighted by molar-refractivity contribution is 6.48. The number of nitrogens with zero attached hydrogens (tertiary/aromatic N) is 1. The molecule has 1 aromatic rings. The topological polar surface area (TPSA) is 54.5 Å². The van der Waals surface area contributed by atoms with Gasteiger partial charge in [0, 0.05) is 18.2 Å². The fourth-order valence-corrected chi connectivity index (χ4v) is 4.52. The predicted molar refractivity (Wildman–Crippen MR) is 88.2 cm³/mol. The molecular formula is C19H23NO3. The summed E-state index contributed by atoms with van der Waals surface area (Å²) in [6, 6.07) is 7.70. The zero-order chi connectivity index (χ0) is 17.0. The van der Waals surface area contributed by atoms with Crippen LogP contribution in [0.15, 0.2) is 24.3 Å². The molecule has 122 valence electrons. The van der Waals surface area contributed by atoms with E-state index < -0.39 is 16.6 Å². The molecule has 1 amide bonds. The number of anilines is 1. The predicted octanol–water partition coefficient (Wildman–Crippen LogP) is 2.92. The fourth-order valence-electron chi connectivity index (χ4n) is 4.52. The maximum Gasteiger partial charge on any atom is 0.241 e. The van der Waals surface area contributed by atoms with Crippen LogP contribution in [-0.4, -0.2) is 24.0 Å². The minimum absolute atomic E-state index is 0.214. The van der Waals surface area contributed by atoms with E-state index in [1.807, 2.05) is 52.0 Å². The second-order valence-electron chi connectivity index (χ2n) is 7.30. The second-order valence-corrected chi connectivity index (χ2v) is 7.30. The molecule has 0 aliphatic heterocycles. The van der Waals surface area contributed by atoms with E-state index in [1.165, 1.54) is 0 Å². The Kier molecular flexibility index (Phi) is 3.47. The standard InChI is InChI=1S/C19H23NO3/c1-5-20(13-8-6-7-12(2)11-13)17(23)19-10-9-14(18(19,3)4)15(21)16(19)22/h6-8,11,14H,5,9-10H2,1-4H3. The van der Waals surface area contributed by atoms with Crippen molar-refractivity contribution < 1.29 is 14.4 Å². The van der Waals surface area contributed by atoms with Crippen LogP contribution in [0.2, 0.25) is 0 Å². The molecule has 0 spiro atoms. The van der Waals surface area contributed by atoms with Gasteiger partial charge in [0.2, 0.25) is 17.5 Å². The molecule has 0 heterocycles. The van der Waals surface area contributed by atoms with Crippen LogP contribution in [0.3, 0.4) is 0 Å². The van der Waals surface area contributed by atoms with Crippen LogP contribution in [-0.2, 0) is 14.4 Å². The number of hydrogen-bond acceptors (Lipinski definition) is 3. The first kappa shape index (κ1) is 15.9. The number of Topliss-reactive ketones (excluding diaryl/α,β-unsaturated/α-hetero) is 2. The molecule has 0 aromatic heterocycles. The van der Waals surface area contributed by atoms with Gasteiger partial charge in [-0.2, -0.15) is 0 Å². The molecule has 2 bridgehead atoms. The van der Waals surface area contributed by atoms with Gasteiger partial charge in [-0.1, -0.05) is 26.0 Å². The summed E-state index contributed by atoms with van der Waals surface area (Å²) in [5, 5.41) is 0. The van der Waals surface area contributed by atoms with Gasteiger partial charge in [-0.05, 0) is 49.8 Å². The van der Waals surface area contributed by atoms with Gasteiger partial charge in [0.05, 0.1) is 0 Å². The highest BCUT2D eigenvalue weighted by Gasteiger charge is 2.73. The smallest absolute Gasteiger partial charge is 0.241 e. The van der Waals surface area contributed by atoms with Gasteiger partial charge < -0.3 is 4.90 Å². The number of benzene rings is 1. The molecule has 4 nitrogen and oxygen atoms in total. The first-order chi connectivity index (χ1) is 10.8. The average molecular weight is 313 g/mol. The Morgan fingerprint density at radius 3 is 2.52 bits per heavy atom. The quantitative estimate of drug-likeness (QED) is 0.637. The largest absolute Gasteiger partial charge is 0.312 e. The molecule has 23 heavy (non-hydrogen) atoms. The normalized spacial score (nSPS) is 28.3. The summed E-state index contributed by atoms with van der Waals surface area (Å²) in [6.45, 7) is 8.15. The van der Waals surface area contributed by atoms with Gasteiger partial charge in [0.25, 0.3) is 0 Å². The summed E-state index contributed by atoms with van der Waals surface area (Å²) in [6.07, 6.45) is 1.12. The van der Waals surface area contributed by atoms with E-state index >= 15 is 0 Å². The number of fused-ring (bicyclic) bond motifs is 2. The molecule has 2 fully saturated rings. The molecule has 0 saturated heterocycles. The Labute approximate surface area is 136 Å². The van der Waals surface area contributed by atoms with Crippen molar-refractivity contribution in [3.05, 3.63) is 29.8 Å². The lowest BCUT2D eigenvalue weighted by Gasteiger charge is -2.38. The zero-order valence-electron chi connectivity index (χ0n) is 14.2. The van der Waals surface area contributed by atoms with Crippen molar-refractivity contribution in [2.24, 2.45) is 16.7 Å². The van der Waals surface area contributed by atoms with Crippen LogP contribution in [0.5, 0.6) is 0 Å². The van der Waals surface area contributed by atoms with E-state index in [1.54, 1.807) is 4.90 Å². The monoisotopic (exact) mass is 313 g/mol. The zero-order valence-corrected chi connectivity index (χ0v) is 14.2. The van der Waals surface area contributed by atoms with Crippen molar-refractivity contribution in [3.8, 4) is 0 Å². The number of carbonyl (C=O) groups excluding carboxylic acids is 3. The molecule has 1 aromatic carbocycles. The van der Waals surface area contributed by atoms with Crippen molar-refractivity contribution in [2.75, 3.05) is 11.4 Å². The molecule has 0 N–H and O–H groups in total. The van der Waals surface area contributed by atoms with Gasteiger partial charge in [0.15, 0.2) is 0 Å². The van der Waals surface area contributed by atoms with Gasteiger partial charge >= 0.3 is 0 Å². The lowest BCUT2D eigenvalue weighted by molar-refractivity contribution is -0.148. The third-order valence-electron chi connectivity index (χ3n) is 5.95. The molecule has 3 rings (SSSR count). The lowest BCUT2D eigenvalue weighted by Crippen LogP contribution is -2.52. The van der Waals surface area contributed by atoms with Crippen LogP contribution < -0.4 is 4.90 Å². The summed E-state index contributed by atoms with van der Waals surface area (Å²) >= 11 is 0. The maximum atomic E-state index is 13.4. The Bertz CT molecular complexity index is 706. The summed E-state index contributed by atoms with van der Waals surface area (Å²) in [7, 11) is 0. The number of carbonyl (C=O) groups is 3. The summed E-state index contributed by atoms with van der Waals surface area (Å²) in [4.78, 5) is 40.0. The minimum Gasteiger partial charge on any atom is -0.312 e. The van der Waals surface area contributed by atoms with Crippen LogP contribution in [0.25, 0.3) is 0 Å². The van der Waals surface area contributed by atoms with E-state index in [4.69, 9.17) is 0 Å². The van der Waals surface area contributed by atoms with Crippen LogP contribution in [0, 0.1) is 23.7 Å². The Hall–Kier alpha value is -1.97. The third kappa shape index (κ3) is 1.87. The Morgan fingerprint density at radius 2 is 2.00 bits per heavy atom. The second kappa shape index (κ2) is 5.02. The van der Waals surface area contributed by atoms with Crippen LogP contribution in [0.4, 0.5) is 5.69 Å². The van der Waals surface area contributed by atoms with E-state index in [9.17, 15) is 14.4 Å². The Balaban J connectivity index is 2.08. The third-order valence-corrected chi connectivity index (χ3v) is 5.95. The van der Waals surface area contributed by atoms with Crippen molar-refractivity contribution in [1.29, 1.82) is 0 Å². The van der Waals surface area contributed by atoms with E-state index in [-0.39, 0.29) is 17.6 Å². The fraction of sp³-hybridized carbons (Fsp3) is 0.526. The highest BCUT2D eigenvalue weighted by atomic mass is 16.2.